The van der Waals surface area contributed by atoms with Crippen LogP contribution in [0.3, 0.4) is 0 Å². The third kappa shape index (κ3) is 1.96. The van der Waals surface area contributed by atoms with Crippen LogP contribution in [-0.2, 0) is 11.3 Å². The maximum absolute atomic E-state index is 11.6. The summed E-state index contributed by atoms with van der Waals surface area (Å²) in [6.45, 7) is 1.33. The van der Waals surface area contributed by atoms with E-state index >= 15 is 0 Å². The predicted octanol–water partition coefficient (Wildman–Crippen LogP) is 0.0828. The number of carbonyl (C=O) groups is 1. The Hall–Kier alpha value is -2.37. The molecule has 6 nitrogen and oxygen atoms in total. The van der Waals surface area contributed by atoms with Gasteiger partial charge in [-0.25, -0.2) is 4.79 Å². The van der Waals surface area contributed by atoms with Crippen LogP contribution in [0.2, 0.25) is 0 Å². The summed E-state index contributed by atoms with van der Waals surface area (Å²) >= 11 is 0. The number of fused-ring (bicyclic) bond motifs is 1. The van der Waals surface area contributed by atoms with Crippen molar-refractivity contribution in [1.82, 2.24) is 9.55 Å². The van der Waals surface area contributed by atoms with E-state index in [1.165, 1.54) is 0 Å². The molecule has 0 unspecified atom stereocenters. The number of aromatic nitrogens is 2. The molecule has 0 aliphatic carbocycles. The molecule has 0 atom stereocenters. The Morgan fingerprint density at radius 1 is 1.41 bits per heavy atom. The maximum Gasteiger partial charge on any atom is 0.329 e. The van der Waals surface area contributed by atoms with Crippen molar-refractivity contribution in [2.75, 3.05) is 0 Å². The van der Waals surface area contributed by atoms with E-state index in [2.05, 4.69) is 4.98 Å². The number of carboxylic acids is 1. The molecule has 2 aromatic rings. The van der Waals surface area contributed by atoms with Crippen LogP contribution < -0.4 is 11.2 Å². The molecular formula is C11H10N2O4. The molecule has 0 fully saturated rings. The summed E-state index contributed by atoms with van der Waals surface area (Å²) in [7, 11) is 0. The van der Waals surface area contributed by atoms with Crippen LogP contribution in [0.4, 0.5) is 0 Å². The Bertz CT molecular complexity index is 711. The molecule has 17 heavy (non-hydrogen) atoms. The highest BCUT2D eigenvalue weighted by molar-refractivity contribution is 5.80. The molecule has 0 spiro atoms. The molecule has 0 saturated heterocycles. The van der Waals surface area contributed by atoms with E-state index in [9.17, 15) is 14.4 Å². The van der Waals surface area contributed by atoms with E-state index in [1.54, 1.807) is 18.2 Å². The molecule has 1 heterocycles. The van der Waals surface area contributed by atoms with Gasteiger partial charge in [-0.1, -0.05) is 11.6 Å². The molecule has 0 radical (unpaired) electrons. The average Bonchev–Trinajstić information content (AvgIpc) is 2.24. The van der Waals surface area contributed by atoms with Crippen LogP contribution in [0.1, 0.15) is 5.56 Å². The number of aliphatic carboxylic acids is 1. The zero-order valence-corrected chi connectivity index (χ0v) is 9.06. The number of carboxylic acid groups (broad SMARTS) is 1. The van der Waals surface area contributed by atoms with Crippen LogP contribution in [-0.4, -0.2) is 20.6 Å². The van der Waals surface area contributed by atoms with Crippen molar-refractivity contribution in [3.8, 4) is 0 Å². The second-order valence-electron chi connectivity index (χ2n) is 3.76. The fourth-order valence-corrected chi connectivity index (χ4v) is 1.70. The van der Waals surface area contributed by atoms with E-state index < -0.39 is 23.8 Å². The lowest BCUT2D eigenvalue weighted by Crippen LogP contribution is -2.32. The van der Waals surface area contributed by atoms with Gasteiger partial charge in [0.15, 0.2) is 0 Å². The second-order valence-corrected chi connectivity index (χ2v) is 3.76. The van der Waals surface area contributed by atoms with Gasteiger partial charge in [0.25, 0.3) is 5.56 Å². The first kappa shape index (κ1) is 11.1. The first-order valence-electron chi connectivity index (χ1n) is 4.94. The Morgan fingerprint density at radius 3 is 2.76 bits per heavy atom. The van der Waals surface area contributed by atoms with Crippen molar-refractivity contribution >= 4 is 16.9 Å². The number of hydrogen-bond acceptors (Lipinski definition) is 3. The predicted molar refractivity (Wildman–Crippen MR) is 61.2 cm³/mol. The lowest BCUT2D eigenvalue weighted by atomic mass is 10.1. The smallest absolute Gasteiger partial charge is 0.329 e. The fourth-order valence-electron chi connectivity index (χ4n) is 1.70. The maximum atomic E-state index is 11.6. The summed E-state index contributed by atoms with van der Waals surface area (Å²) in [4.78, 5) is 35.9. The van der Waals surface area contributed by atoms with Crippen molar-refractivity contribution in [1.29, 1.82) is 0 Å². The number of benzene rings is 1. The fraction of sp³-hybridized carbons (Fsp3) is 0.182. The minimum absolute atomic E-state index is 0.311. The number of nitrogens with one attached hydrogen (secondary N) is 1. The molecule has 6 heteroatoms. The molecule has 0 amide bonds. The van der Waals surface area contributed by atoms with E-state index in [0.717, 1.165) is 10.1 Å². The van der Waals surface area contributed by atoms with Crippen molar-refractivity contribution < 1.29 is 9.90 Å². The SMILES string of the molecule is Cc1ccc2c(c1)c(=O)[nH]c(=O)n2CC(=O)O. The minimum atomic E-state index is -1.14. The minimum Gasteiger partial charge on any atom is -0.480 e. The van der Waals surface area contributed by atoms with Gasteiger partial charge < -0.3 is 5.11 Å². The Labute approximate surface area is 95.1 Å². The largest absolute Gasteiger partial charge is 0.480 e. The first-order valence-corrected chi connectivity index (χ1v) is 4.94. The van der Waals surface area contributed by atoms with Gasteiger partial charge in [-0.15, -0.1) is 0 Å². The van der Waals surface area contributed by atoms with Gasteiger partial charge in [0.2, 0.25) is 0 Å². The molecule has 1 aromatic carbocycles. The van der Waals surface area contributed by atoms with Crippen molar-refractivity contribution in [3.63, 3.8) is 0 Å². The monoisotopic (exact) mass is 234 g/mol. The lowest BCUT2D eigenvalue weighted by molar-refractivity contribution is -0.137. The highest BCUT2D eigenvalue weighted by Crippen LogP contribution is 2.09. The number of nitrogens with zero attached hydrogens (tertiary/aromatic N) is 1. The summed E-state index contributed by atoms with van der Waals surface area (Å²) in [5.74, 6) is -1.14. The third-order valence-electron chi connectivity index (χ3n) is 2.45. The Kier molecular flexibility index (Phi) is 2.55. The quantitative estimate of drug-likeness (QED) is 0.769. The number of rotatable bonds is 2. The van der Waals surface area contributed by atoms with Gasteiger partial charge in [-0.2, -0.15) is 0 Å². The molecule has 0 bridgehead atoms. The van der Waals surface area contributed by atoms with Gasteiger partial charge in [0.1, 0.15) is 6.54 Å². The van der Waals surface area contributed by atoms with Crippen molar-refractivity contribution in [2.24, 2.45) is 0 Å². The molecule has 2 N–H and O–H groups in total. The summed E-state index contributed by atoms with van der Waals surface area (Å²) in [6.07, 6.45) is 0. The zero-order valence-electron chi connectivity index (χ0n) is 9.06. The molecule has 0 aliphatic heterocycles. The van der Waals surface area contributed by atoms with Crippen LogP contribution in [0.15, 0.2) is 27.8 Å². The van der Waals surface area contributed by atoms with E-state index in [1.807, 2.05) is 6.92 Å². The molecule has 0 aliphatic rings. The third-order valence-corrected chi connectivity index (χ3v) is 2.45. The molecule has 2 rings (SSSR count). The van der Waals surface area contributed by atoms with E-state index in [-0.39, 0.29) is 0 Å². The molecule has 88 valence electrons. The zero-order chi connectivity index (χ0) is 12.6. The van der Waals surface area contributed by atoms with Crippen molar-refractivity contribution in [2.45, 2.75) is 13.5 Å². The summed E-state index contributed by atoms with van der Waals surface area (Å²) in [5.41, 5.74) is -0.0284. The average molecular weight is 234 g/mol. The number of aryl methyl sites for hydroxylation is 1. The second kappa shape index (κ2) is 3.89. The van der Waals surface area contributed by atoms with Crippen LogP contribution in [0, 0.1) is 6.92 Å². The van der Waals surface area contributed by atoms with Crippen LogP contribution in [0.25, 0.3) is 10.9 Å². The van der Waals surface area contributed by atoms with Gasteiger partial charge in [-0.3, -0.25) is 19.1 Å². The first-order chi connectivity index (χ1) is 7.99. The van der Waals surface area contributed by atoms with E-state index in [4.69, 9.17) is 5.11 Å². The number of hydrogen-bond donors (Lipinski definition) is 2. The summed E-state index contributed by atoms with van der Waals surface area (Å²) in [5, 5.41) is 9.03. The molecule has 0 saturated carbocycles. The highest BCUT2D eigenvalue weighted by atomic mass is 16.4. The van der Waals surface area contributed by atoms with Crippen molar-refractivity contribution in [3.05, 3.63) is 44.6 Å². The molecule has 1 aromatic heterocycles. The highest BCUT2D eigenvalue weighted by Gasteiger charge is 2.09. The number of H-pyrrole nitrogens is 1. The Balaban J connectivity index is 2.88. The van der Waals surface area contributed by atoms with E-state index in [0.29, 0.717) is 10.9 Å². The number of aromatic amines is 1. The van der Waals surface area contributed by atoms with Gasteiger partial charge in [-0.05, 0) is 19.1 Å². The standard InChI is InChI=1S/C11H10N2O4/c1-6-2-3-8-7(4-6)10(16)12-11(17)13(8)5-9(14)15/h2-4H,5H2,1H3,(H,14,15)(H,12,16,17). The van der Waals surface area contributed by atoms with Gasteiger partial charge in [0, 0.05) is 0 Å². The Morgan fingerprint density at radius 2 is 2.12 bits per heavy atom. The summed E-state index contributed by atoms with van der Waals surface area (Å²) in [6, 6.07) is 4.91. The van der Waals surface area contributed by atoms with Crippen LogP contribution in [0.5, 0.6) is 0 Å². The lowest BCUT2D eigenvalue weighted by Gasteiger charge is -2.06. The van der Waals surface area contributed by atoms with Gasteiger partial charge in [0.05, 0.1) is 10.9 Å². The van der Waals surface area contributed by atoms with Crippen LogP contribution >= 0.6 is 0 Å². The molecular weight excluding hydrogens is 224 g/mol. The summed E-state index contributed by atoms with van der Waals surface area (Å²) < 4.78 is 1.03. The van der Waals surface area contributed by atoms with Gasteiger partial charge >= 0.3 is 11.7 Å². The topological polar surface area (TPSA) is 92.2 Å². The normalized spacial score (nSPS) is 10.6.